The van der Waals surface area contributed by atoms with E-state index >= 15 is 0 Å². The van der Waals surface area contributed by atoms with Gasteiger partial charge in [-0.3, -0.25) is 14.5 Å². The fraction of sp³-hybridized carbons (Fsp3) is 0.381. The minimum Gasteiger partial charge on any atom is -0.367 e. The number of pyridine rings is 1. The van der Waals surface area contributed by atoms with E-state index in [0.29, 0.717) is 0 Å². The number of hydrogen-bond acceptors (Lipinski definition) is 4. The monoisotopic (exact) mass is 361 g/mol. The Morgan fingerprint density at radius 3 is 2.63 bits per heavy atom. The molecule has 2 aromatic heterocycles. The summed E-state index contributed by atoms with van der Waals surface area (Å²) in [7, 11) is 1.93. The lowest BCUT2D eigenvalue weighted by molar-refractivity contribution is -0.129. The maximum atomic E-state index is 11.6. The van der Waals surface area contributed by atoms with Crippen LogP contribution in [0.1, 0.15) is 30.7 Å². The fourth-order valence-corrected chi connectivity index (χ4v) is 3.92. The molecule has 138 valence electrons. The zero-order valence-electron chi connectivity index (χ0n) is 16.0. The van der Waals surface area contributed by atoms with Crippen molar-refractivity contribution in [3.05, 3.63) is 41.5 Å². The fourth-order valence-electron chi connectivity index (χ4n) is 3.92. The molecule has 0 bridgehead atoms. The van der Waals surface area contributed by atoms with Crippen molar-refractivity contribution >= 4 is 22.7 Å². The van der Waals surface area contributed by atoms with E-state index in [1.807, 2.05) is 42.1 Å². The quantitative estimate of drug-likeness (QED) is 0.768. The van der Waals surface area contributed by atoms with Gasteiger partial charge in [0.25, 0.3) is 0 Å². The molecule has 6 heteroatoms. The lowest BCUT2D eigenvalue weighted by Crippen LogP contribution is -2.48. The first-order valence-electron chi connectivity index (χ1n) is 9.22. The third-order valence-electron chi connectivity index (χ3n) is 5.27. The molecule has 2 aromatic rings. The summed E-state index contributed by atoms with van der Waals surface area (Å²) in [5.74, 6) is 6.55. The van der Waals surface area contributed by atoms with Crippen LogP contribution in [0, 0.1) is 11.8 Å². The highest BCUT2D eigenvalue weighted by molar-refractivity contribution is 6.06. The number of hydrogen-bond donors (Lipinski definition) is 0. The summed E-state index contributed by atoms with van der Waals surface area (Å²) in [6.07, 6.45) is 6.58. The van der Waals surface area contributed by atoms with Gasteiger partial charge in [-0.05, 0) is 18.6 Å². The average molecular weight is 361 g/mol. The van der Waals surface area contributed by atoms with Crippen LogP contribution < -0.4 is 4.90 Å². The van der Waals surface area contributed by atoms with Crippen molar-refractivity contribution in [2.75, 3.05) is 31.1 Å². The SMILES string of the molecule is CC#CC1=C(c2cnn(C)c2)Cc2nccc(N3CCN(C(C)=O)CC3)c21. The number of nitrogens with zero attached hydrogens (tertiary/aromatic N) is 5. The van der Waals surface area contributed by atoms with E-state index in [1.54, 1.807) is 6.92 Å². The van der Waals surface area contributed by atoms with Crippen LogP contribution in [0.25, 0.3) is 11.1 Å². The van der Waals surface area contributed by atoms with E-state index in [2.05, 4.69) is 32.9 Å². The molecule has 1 fully saturated rings. The number of piperazine rings is 1. The summed E-state index contributed by atoms with van der Waals surface area (Å²) in [5, 5.41) is 4.32. The number of fused-ring (bicyclic) bond motifs is 1. The van der Waals surface area contributed by atoms with Gasteiger partial charge < -0.3 is 9.80 Å². The van der Waals surface area contributed by atoms with Gasteiger partial charge in [0.2, 0.25) is 5.91 Å². The van der Waals surface area contributed by atoms with E-state index in [9.17, 15) is 4.79 Å². The predicted molar refractivity (Wildman–Crippen MR) is 106 cm³/mol. The largest absolute Gasteiger partial charge is 0.367 e. The van der Waals surface area contributed by atoms with Crippen LogP contribution in [-0.4, -0.2) is 51.8 Å². The summed E-state index contributed by atoms with van der Waals surface area (Å²) in [6, 6.07) is 2.08. The van der Waals surface area contributed by atoms with Crippen LogP contribution in [-0.2, 0) is 18.3 Å². The van der Waals surface area contributed by atoms with Crippen LogP contribution >= 0.6 is 0 Å². The van der Waals surface area contributed by atoms with Crippen molar-refractivity contribution in [2.24, 2.45) is 7.05 Å². The third-order valence-corrected chi connectivity index (χ3v) is 5.27. The van der Waals surface area contributed by atoms with Crippen LogP contribution in [0.4, 0.5) is 5.69 Å². The van der Waals surface area contributed by atoms with Gasteiger partial charge in [-0.15, -0.1) is 5.92 Å². The maximum absolute atomic E-state index is 11.6. The Labute approximate surface area is 159 Å². The molecule has 0 radical (unpaired) electrons. The van der Waals surface area contributed by atoms with Crippen molar-refractivity contribution in [3.63, 3.8) is 0 Å². The predicted octanol–water partition coefficient (Wildman–Crippen LogP) is 1.97. The van der Waals surface area contributed by atoms with Gasteiger partial charge in [0.05, 0.1) is 11.9 Å². The Morgan fingerprint density at radius 2 is 2.00 bits per heavy atom. The van der Waals surface area contributed by atoms with Crippen LogP contribution in [0.3, 0.4) is 0 Å². The molecule has 4 rings (SSSR count). The molecule has 0 aromatic carbocycles. The Balaban J connectivity index is 1.74. The topological polar surface area (TPSA) is 54.3 Å². The summed E-state index contributed by atoms with van der Waals surface area (Å²) in [4.78, 5) is 20.5. The zero-order valence-corrected chi connectivity index (χ0v) is 16.0. The minimum atomic E-state index is 0.144. The second-order valence-electron chi connectivity index (χ2n) is 6.95. The molecule has 1 saturated heterocycles. The molecular weight excluding hydrogens is 338 g/mol. The van der Waals surface area contributed by atoms with Gasteiger partial charge in [0, 0.05) is 81.4 Å². The van der Waals surface area contributed by atoms with Crippen LogP contribution in [0.2, 0.25) is 0 Å². The first-order valence-corrected chi connectivity index (χ1v) is 9.22. The van der Waals surface area contributed by atoms with Gasteiger partial charge in [-0.25, -0.2) is 0 Å². The summed E-state index contributed by atoms with van der Waals surface area (Å²) < 4.78 is 1.82. The standard InChI is InChI=1S/C21H23N5O/c1-4-5-17-18(16-13-23-24(3)14-16)12-19-21(17)20(6-7-22-19)26-10-8-25(9-11-26)15(2)27/h6-7,13-14H,8-12H2,1-3H3. The van der Waals surface area contributed by atoms with Gasteiger partial charge in [0.15, 0.2) is 0 Å². The first kappa shape index (κ1) is 17.3. The number of carbonyl (C=O) groups is 1. The lowest BCUT2D eigenvalue weighted by atomic mass is 10.0. The molecule has 1 aliphatic carbocycles. The second kappa shape index (κ2) is 6.92. The molecule has 0 atom stereocenters. The van der Waals surface area contributed by atoms with Crippen LogP contribution in [0.5, 0.6) is 0 Å². The summed E-state index contributed by atoms with van der Waals surface area (Å²) >= 11 is 0. The number of aromatic nitrogens is 3. The molecule has 0 spiro atoms. The molecule has 0 saturated carbocycles. The highest BCUT2D eigenvalue weighted by Gasteiger charge is 2.29. The van der Waals surface area contributed by atoms with Gasteiger partial charge in [-0.1, -0.05) is 5.92 Å². The Bertz CT molecular complexity index is 983. The van der Waals surface area contributed by atoms with Gasteiger partial charge >= 0.3 is 0 Å². The van der Waals surface area contributed by atoms with E-state index in [0.717, 1.165) is 55.0 Å². The van der Waals surface area contributed by atoms with Gasteiger partial charge in [0.1, 0.15) is 0 Å². The normalized spacial score (nSPS) is 16.3. The molecule has 27 heavy (non-hydrogen) atoms. The Kier molecular flexibility index (Phi) is 4.44. The van der Waals surface area contributed by atoms with Crippen molar-refractivity contribution in [1.82, 2.24) is 19.7 Å². The van der Waals surface area contributed by atoms with E-state index in [-0.39, 0.29) is 5.91 Å². The van der Waals surface area contributed by atoms with E-state index in [4.69, 9.17) is 0 Å². The number of allylic oxidation sites excluding steroid dienone is 2. The van der Waals surface area contributed by atoms with Crippen molar-refractivity contribution in [1.29, 1.82) is 0 Å². The number of aryl methyl sites for hydroxylation is 1. The summed E-state index contributed by atoms with van der Waals surface area (Å²) in [5.41, 5.74) is 6.72. The molecule has 1 aliphatic heterocycles. The summed E-state index contributed by atoms with van der Waals surface area (Å²) in [6.45, 7) is 6.65. The molecular formula is C21H23N5O. The number of amides is 1. The molecule has 0 N–H and O–H groups in total. The molecule has 3 heterocycles. The van der Waals surface area contributed by atoms with E-state index < -0.39 is 0 Å². The van der Waals surface area contributed by atoms with Crippen LogP contribution in [0.15, 0.2) is 24.7 Å². The highest BCUT2D eigenvalue weighted by Crippen LogP contribution is 2.42. The maximum Gasteiger partial charge on any atom is 0.219 e. The smallest absolute Gasteiger partial charge is 0.219 e. The number of anilines is 1. The van der Waals surface area contributed by atoms with E-state index in [1.165, 1.54) is 11.3 Å². The molecule has 1 amide bonds. The highest BCUT2D eigenvalue weighted by atomic mass is 16.2. The molecule has 0 unspecified atom stereocenters. The zero-order chi connectivity index (χ0) is 19.0. The number of carbonyl (C=O) groups excluding carboxylic acids is 1. The average Bonchev–Trinajstić information content (AvgIpc) is 3.26. The van der Waals surface area contributed by atoms with Crippen molar-refractivity contribution < 1.29 is 4.79 Å². The Morgan fingerprint density at radius 1 is 1.22 bits per heavy atom. The van der Waals surface area contributed by atoms with Gasteiger partial charge in [-0.2, -0.15) is 5.10 Å². The lowest BCUT2D eigenvalue weighted by Gasteiger charge is -2.36. The third kappa shape index (κ3) is 3.10. The number of rotatable bonds is 2. The van der Waals surface area contributed by atoms with Crippen molar-refractivity contribution in [2.45, 2.75) is 20.3 Å². The minimum absolute atomic E-state index is 0.144. The molecule has 6 nitrogen and oxygen atoms in total. The Hall–Kier alpha value is -3.07. The first-order chi connectivity index (χ1) is 13.1. The molecule has 2 aliphatic rings. The van der Waals surface area contributed by atoms with Crippen molar-refractivity contribution in [3.8, 4) is 11.8 Å². The second-order valence-corrected chi connectivity index (χ2v) is 6.95.